The molecule has 2 aromatic carbocycles. The normalized spacial score (nSPS) is 12.6. The van der Waals surface area contributed by atoms with Crippen LogP contribution in [0.5, 0.6) is 5.75 Å². The lowest BCUT2D eigenvalue weighted by Crippen LogP contribution is -2.43. The summed E-state index contributed by atoms with van der Waals surface area (Å²) in [6.07, 6.45) is 2.15. The lowest BCUT2D eigenvalue weighted by atomic mass is 10.2. The van der Waals surface area contributed by atoms with E-state index < -0.39 is 0 Å². The van der Waals surface area contributed by atoms with Crippen molar-refractivity contribution in [2.24, 2.45) is 0 Å². The van der Waals surface area contributed by atoms with Gasteiger partial charge in [-0.05, 0) is 30.7 Å². The van der Waals surface area contributed by atoms with E-state index in [2.05, 4.69) is 34.6 Å². The molecule has 1 fully saturated rings. The van der Waals surface area contributed by atoms with Crippen LogP contribution in [0.15, 0.2) is 54.6 Å². The maximum absolute atomic E-state index is 11.4. The van der Waals surface area contributed by atoms with Crippen LogP contribution in [-0.4, -0.2) is 45.7 Å². The van der Waals surface area contributed by atoms with Gasteiger partial charge >= 0.3 is 0 Å². The Kier molecular flexibility index (Phi) is 13.0. The molecule has 0 saturated carbocycles. The minimum atomic E-state index is 0.0223. The molecule has 0 bridgehead atoms. The third-order valence-electron chi connectivity index (χ3n) is 4.39. The Morgan fingerprint density at radius 2 is 1.76 bits per heavy atom. The highest BCUT2D eigenvalue weighted by Gasteiger charge is 2.10. The first-order valence-corrected chi connectivity index (χ1v) is 10.7. The number of hydrogen-bond acceptors (Lipinski definition) is 4. The fraction of sp³-hybridized carbons (Fsp3) is 0.458. The molecule has 0 aromatic heterocycles. The molecule has 3 rings (SSSR count). The molecule has 1 amide bonds. The largest absolute Gasteiger partial charge is 0.497 e. The second kappa shape index (κ2) is 15.4. The first kappa shape index (κ1) is 24.5. The zero-order chi connectivity index (χ0) is 21.3. The summed E-state index contributed by atoms with van der Waals surface area (Å²) in [5.74, 6) is 0.954. The number of anilines is 1. The van der Waals surface area contributed by atoms with E-state index in [4.69, 9.17) is 4.74 Å². The number of unbranched alkanes of at least 4 members (excludes halogenated alkanes) is 1. The van der Waals surface area contributed by atoms with Crippen molar-refractivity contribution in [1.29, 1.82) is 0 Å². The average molecular weight is 400 g/mol. The molecule has 0 aliphatic carbocycles. The smallest absolute Gasteiger partial charge is 0.251 e. The Bertz CT molecular complexity index is 671. The molecule has 0 unspecified atom stereocenters. The van der Waals surface area contributed by atoms with E-state index in [1.54, 1.807) is 7.11 Å². The molecule has 2 N–H and O–H groups in total. The predicted molar refractivity (Wildman–Crippen MR) is 123 cm³/mol. The lowest BCUT2D eigenvalue weighted by molar-refractivity contribution is 0.0953. The van der Waals surface area contributed by atoms with Crippen molar-refractivity contribution in [1.82, 2.24) is 10.6 Å². The van der Waals surface area contributed by atoms with E-state index in [-0.39, 0.29) is 5.91 Å². The molecule has 0 spiro atoms. The van der Waals surface area contributed by atoms with Gasteiger partial charge in [-0.1, -0.05) is 51.5 Å². The third kappa shape index (κ3) is 9.48. The van der Waals surface area contributed by atoms with Gasteiger partial charge in [0.15, 0.2) is 0 Å². The van der Waals surface area contributed by atoms with E-state index in [1.807, 2.05) is 56.3 Å². The molecular weight excluding hydrogens is 362 g/mol. The minimum absolute atomic E-state index is 0.0223. The van der Waals surface area contributed by atoms with Crippen molar-refractivity contribution >= 4 is 11.6 Å². The Balaban J connectivity index is 0.000000268. The third-order valence-corrected chi connectivity index (χ3v) is 4.39. The summed E-state index contributed by atoms with van der Waals surface area (Å²) in [7, 11) is 1.71. The maximum atomic E-state index is 11.4. The van der Waals surface area contributed by atoms with E-state index in [0.717, 1.165) is 56.9 Å². The standard InChI is InChI=1S/C11H16N2O.C11H15NO.C2H6/c1-14-11-4-2-3-10(9-11)13-7-5-12-6-8-13;1-2-3-9-12-11(13)10-7-5-4-6-8-10;1-2/h2-4,9,12H,5-8H2,1H3;4-8H,2-3,9H2,1H3,(H,12,13);1-2H3. The Hall–Kier alpha value is -2.53. The summed E-state index contributed by atoms with van der Waals surface area (Å²) in [5.41, 5.74) is 1.99. The SMILES string of the molecule is CC.CCCCNC(=O)c1ccccc1.COc1cccc(N2CCNCC2)c1. The molecule has 1 aliphatic rings. The van der Waals surface area contributed by atoms with Gasteiger partial charge in [0.25, 0.3) is 5.91 Å². The number of methoxy groups -OCH3 is 1. The number of carbonyl (C=O) groups is 1. The van der Waals surface area contributed by atoms with Gasteiger partial charge in [-0.25, -0.2) is 0 Å². The highest BCUT2D eigenvalue weighted by molar-refractivity contribution is 5.94. The zero-order valence-corrected chi connectivity index (χ0v) is 18.4. The maximum Gasteiger partial charge on any atom is 0.251 e. The summed E-state index contributed by atoms with van der Waals surface area (Å²) in [6.45, 7) is 11.2. The Morgan fingerprint density at radius 1 is 1.07 bits per heavy atom. The van der Waals surface area contributed by atoms with Crippen LogP contribution in [0.25, 0.3) is 0 Å². The average Bonchev–Trinajstić information content (AvgIpc) is 2.82. The van der Waals surface area contributed by atoms with Crippen molar-refractivity contribution in [2.75, 3.05) is 44.7 Å². The predicted octanol–water partition coefficient (Wildman–Crippen LogP) is 4.35. The number of benzene rings is 2. The second-order valence-electron chi connectivity index (χ2n) is 6.41. The van der Waals surface area contributed by atoms with E-state index in [0.29, 0.717) is 0 Å². The van der Waals surface area contributed by atoms with Crippen molar-refractivity contribution in [3.8, 4) is 5.75 Å². The molecule has 1 saturated heterocycles. The van der Waals surface area contributed by atoms with Crippen LogP contribution in [0.4, 0.5) is 5.69 Å². The van der Waals surface area contributed by atoms with Gasteiger partial charge in [-0.2, -0.15) is 0 Å². The van der Waals surface area contributed by atoms with Crippen LogP contribution in [0, 0.1) is 0 Å². The van der Waals surface area contributed by atoms with Gasteiger partial charge in [0.1, 0.15) is 5.75 Å². The fourth-order valence-electron chi connectivity index (χ4n) is 2.80. The molecular formula is C24H37N3O2. The van der Waals surface area contributed by atoms with Gasteiger partial charge in [-0.3, -0.25) is 4.79 Å². The van der Waals surface area contributed by atoms with E-state index in [1.165, 1.54) is 5.69 Å². The van der Waals surface area contributed by atoms with Crippen LogP contribution < -0.4 is 20.3 Å². The molecule has 1 heterocycles. The molecule has 160 valence electrons. The van der Waals surface area contributed by atoms with Gasteiger partial charge in [-0.15, -0.1) is 0 Å². The van der Waals surface area contributed by atoms with Crippen LogP contribution >= 0.6 is 0 Å². The molecule has 5 heteroatoms. The van der Waals surface area contributed by atoms with Gasteiger partial charge in [0.2, 0.25) is 0 Å². The minimum Gasteiger partial charge on any atom is -0.497 e. The van der Waals surface area contributed by atoms with Crippen molar-refractivity contribution < 1.29 is 9.53 Å². The van der Waals surface area contributed by atoms with Crippen molar-refractivity contribution in [3.05, 3.63) is 60.2 Å². The number of amides is 1. The van der Waals surface area contributed by atoms with Crippen molar-refractivity contribution in [2.45, 2.75) is 33.6 Å². The summed E-state index contributed by atoms with van der Waals surface area (Å²) in [4.78, 5) is 13.8. The molecule has 1 aliphatic heterocycles. The molecule has 0 radical (unpaired) electrons. The van der Waals surface area contributed by atoms with Crippen molar-refractivity contribution in [3.63, 3.8) is 0 Å². The van der Waals surface area contributed by atoms with Crippen LogP contribution in [0.1, 0.15) is 44.0 Å². The molecule has 29 heavy (non-hydrogen) atoms. The number of ether oxygens (including phenoxy) is 1. The van der Waals surface area contributed by atoms with Gasteiger partial charge in [0.05, 0.1) is 7.11 Å². The first-order valence-electron chi connectivity index (χ1n) is 10.7. The molecule has 5 nitrogen and oxygen atoms in total. The zero-order valence-electron chi connectivity index (χ0n) is 18.4. The monoisotopic (exact) mass is 399 g/mol. The summed E-state index contributed by atoms with van der Waals surface area (Å²) < 4.78 is 5.20. The number of nitrogens with one attached hydrogen (secondary N) is 2. The fourth-order valence-corrected chi connectivity index (χ4v) is 2.80. The highest BCUT2D eigenvalue weighted by Crippen LogP contribution is 2.20. The highest BCUT2D eigenvalue weighted by atomic mass is 16.5. The topological polar surface area (TPSA) is 53.6 Å². The Labute approximate surface area is 176 Å². The summed E-state index contributed by atoms with van der Waals surface area (Å²) in [5, 5.41) is 6.20. The second-order valence-corrected chi connectivity index (χ2v) is 6.41. The van der Waals surface area contributed by atoms with Gasteiger partial charge < -0.3 is 20.3 Å². The molecule has 0 atom stereocenters. The lowest BCUT2D eigenvalue weighted by Gasteiger charge is -2.29. The van der Waals surface area contributed by atoms with E-state index in [9.17, 15) is 4.79 Å². The number of nitrogens with zero attached hydrogens (tertiary/aromatic N) is 1. The summed E-state index contributed by atoms with van der Waals surface area (Å²) >= 11 is 0. The quantitative estimate of drug-likeness (QED) is 0.709. The van der Waals surface area contributed by atoms with Crippen LogP contribution in [0.3, 0.4) is 0 Å². The Morgan fingerprint density at radius 3 is 2.38 bits per heavy atom. The first-order chi connectivity index (χ1) is 14.2. The molecule has 2 aromatic rings. The van der Waals surface area contributed by atoms with Crippen LogP contribution in [-0.2, 0) is 0 Å². The number of rotatable bonds is 6. The van der Waals surface area contributed by atoms with Gasteiger partial charge in [0, 0.05) is 50.0 Å². The van der Waals surface area contributed by atoms with Crippen LogP contribution in [0.2, 0.25) is 0 Å². The van der Waals surface area contributed by atoms with E-state index >= 15 is 0 Å². The summed E-state index contributed by atoms with van der Waals surface area (Å²) in [6, 6.07) is 17.5. The number of hydrogen-bond donors (Lipinski definition) is 2. The number of piperazine rings is 1. The number of carbonyl (C=O) groups excluding carboxylic acids is 1.